The number of para-hydroxylation sites is 1. The number of aryl methyl sites for hydroxylation is 1. The highest BCUT2D eigenvalue weighted by molar-refractivity contribution is 7.91. The van der Waals surface area contributed by atoms with Crippen LogP contribution in [0.1, 0.15) is 23.1 Å². The van der Waals surface area contributed by atoms with Gasteiger partial charge in [-0.2, -0.15) is 10.4 Å². The average Bonchev–Trinajstić information content (AvgIpc) is 3.54. The smallest absolute Gasteiger partial charge is 0.262 e. The molecule has 0 radical (unpaired) electrons. The second kappa shape index (κ2) is 11.6. The van der Waals surface area contributed by atoms with Crippen molar-refractivity contribution in [2.45, 2.75) is 26.0 Å². The van der Waals surface area contributed by atoms with Crippen LogP contribution in [0, 0.1) is 18.3 Å². The predicted octanol–water partition coefficient (Wildman–Crippen LogP) is 4.64. The Morgan fingerprint density at radius 3 is 2.60 bits per heavy atom. The minimum atomic E-state index is -3.17. The quantitative estimate of drug-likeness (QED) is 0.252. The zero-order valence-corrected chi connectivity index (χ0v) is 22.8. The number of aromatic nitrogens is 2. The lowest BCUT2D eigenvalue weighted by Crippen LogP contribution is -2.36. The van der Waals surface area contributed by atoms with Crippen molar-refractivity contribution in [3.05, 3.63) is 107 Å². The van der Waals surface area contributed by atoms with Crippen molar-refractivity contribution in [1.82, 2.24) is 15.1 Å². The van der Waals surface area contributed by atoms with E-state index >= 15 is 0 Å². The van der Waals surface area contributed by atoms with Crippen LogP contribution in [0.5, 0.6) is 5.75 Å². The summed E-state index contributed by atoms with van der Waals surface area (Å²) in [6, 6.07) is 26.6. The molecule has 3 aromatic carbocycles. The van der Waals surface area contributed by atoms with Gasteiger partial charge in [-0.15, -0.1) is 0 Å². The van der Waals surface area contributed by atoms with Crippen LogP contribution in [0.4, 0.5) is 0 Å². The van der Waals surface area contributed by atoms with Crippen LogP contribution in [0.15, 0.2) is 90.6 Å². The number of amides is 1. The molecule has 2 heterocycles. The topological polar surface area (TPSA) is 114 Å². The molecule has 8 nitrogen and oxygen atoms in total. The Balaban J connectivity index is 1.46. The third-order valence-electron chi connectivity index (χ3n) is 6.63. The molecule has 1 N–H and O–H groups in total. The van der Waals surface area contributed by atoms with Gasteiger partial charge in [-0.25, -0.2) is 13.1 Å². The number of nitriles is 1. The number of ether oxygens (including phenoxy) is 1. The molecular formula is C31H28N4O4S. The number of rotatable bonds is 8. The molecule has 0 saturated carbocycles. The maximum Gasteiger partial charge on any atom is 0.262 e. The molecule has 1 aliphatic rings. The van der Waals surface area contributed by atoms with E-state index in [0.29, 0.717) is 30.0 Å². The van der Waals surface area contributed by atoms with Gasteiger partial charge in [-0.05, 0) is 49.2 Å². The molecule has 1 atom stereocenters. The van der Waals surface area contributed by atoms with Crippen LogP contribution in [0.25, 0.3) is 23.0 Å². The summed E-state index contributed by atoms with van der Waals surface area (Å²) in [7, 11) is -3.17. The number of hydrogen-bond donors (Lipinski definition) is 1. The van der Waals surface area contributed by atoms with Gasteiger partial charge in [-0.3, -0.25) is 4.79 Å². The second-order valence-electron chi connectivity index (χ2n) is 9.76. The molecule has 1 saturated heterocycles. The van der Waals surface area contributed by atoms with E-state index < -0.39 is 21.8 Å². The SMILES string of the molecule is Cc1ccc(COc2cccc(-c3nn(-c4ccccc4)cc3C=C(C#N)C(=O)NC3CCS(=O)(=O)C3)c2)cc1. The summed E-state index contributed by atoms with van der Waals surface area (Å²) < 4.78 is 31.3. The van der Waals surface area contributed by atoms with Crippen molar-refractivity contribution in [2.75, 3.05) is 11.5 Å². The number of carbonyl (C=O) groups excluding carboxylic acids is 1. The standard InChI is InChI=1S/C31H28N4O4S/c1-22-10-12-23(13-11-22)20-39-29-9-5-6-24(17-29)30-26(19-35(34-30)28-7-3-2-4-8-28)16-25(18-32)31(36)33-27-14-15-40(37,38)21-27/h2-13,16-17,19,27H,14-15,20-21H2,1H3,(H,33,36). The molecule has 1 unspecified atom stereocenters. The van der Waals surface area contributed by atoms with E-state index in [2.05, 4.69) is 5.32 Å². The lowest BCUT2D eigenvalue weighted by molar-refractivity contribution is -0.117. The van der Waals surface area contributed by atoms with Crippen LogP contribution in [-0.2, 0) is 21.2 Å². The van der Waals surface area contributed by atoms with E-state index in [1.165, 1.54) is 11.6 Å². The first-order valence-electron chi connectivity index (χ1n) is 12.9. The van der Waals surface area contributed by atoms with Gasteiger partial charge in [0.1, 0.15) is 29.7 Å². The number of nitrogens with zero attached hydrogens (tertiary/aromatic N) is 3. The molecule has 4 aromatic rings. The summed E-state index contributed by atoms with van der Waals surface area (Å²) in [5.74, 6) is -0.0506. The van der Waals surface area contributed by atoms with Gasteiger partial charge in [0.05, 0.1) is 17.2 Å². The summed E-state index contributed by atoms with van der Waals surface area (Å²) in [4.78, 5) is 12.9. The van der Waals surface area contributed by atoms with Gasteiger partial charge in [0.2, 0.25) is 0 Å². The first-order chi connectivity index (χ1) is 19.3. The summed E-state index contributed by atoms with van der Waals surface area (Å²) in [6.45, 7) is 2.44. The zero-order chi connectivity index (χ0) is 28.1. The molecule has 1 aromatic heterocycles. The van der Waals surface area contributed by atoms with Crippen LogP contribution in [0.3, 0.4) is 0 Å². The fourth-order valence-electron chi connectivity index (χ4n) is 4.49. The largest absolute Gasteiger partial charge is 0.489 e. The molecule has 0 spiro atoms. The van der Waals surface area contributed by atoms with Gasteiger partial charge in [0.15, 0.2) is 9.84 Å². The first-order valence-corrected chi connectivity index (χ1v) is 14.7. The zero-order valence-electron chi connectivity index (χ0n) is 21.9. The summed E-state index contributed by atoms with van der Waals surface area (Å²) in [6.07, 6.45) is 3.58. The van der Waals surface area contributed by atoms with E-state index in [1.807, 2.05) is 91.9 Å². The van der Waals surface area contributed by atoms with Crippen LogP contribution in [-0.4, -0.2) is 41.7 Å². The lowest BCUT2D eigenvalue weighted by Gasteiger charge is -2.10. The minimum absolute atomic E-state index is 0.0276. The molecule has 0 aliphatic carbocycles. The molecule has 40 heavy (non-hydrogen) atoms. The Hall–Kier alpha value is -4.68. The van der Waals surface area contributed by atoms with Gasteiger partial charge >= 0.3 is 0 Å². The molecular weight excluding hydrogens is 524 g/mol. The van der Waals surface area contributed by atoms with Gasteiger partial charge in [0, 0.05) is 23.4 Å². The maximum absolute atomic E-state index is 12.9. The number of benzene rings is 3. The van der Waals surface area contributed by atoms with Crippen molar-refractivity contribution in [1.29, 1.82) is 5.26 Å². The molecule has 1 amide bonds. The Kier molecular flexibility index (Phi) is 7.80. The Morgan fingerprint density at radius 1 is 1.12 bits per heavy atom. The van der Waals surface area contributed by atoms with Crippen molar-refractivity contribution in [3.63, 3.8) is 0 Å². The number of hydrogen-bond acceptors (Lipinski definition) is 6. The van der Waals surface area contributed by atoms with Gasteiger partial charge in [-0.1, -0.05) is 60.2 Å². The lowest BCUT2D eigenvalue weighted by atomic mass is 10.1. The first kappa shape index (κ1) is 26.9. The highest BCUT2D eigenvalue weighted by atomic mass is 32.2. The van der Waals surface area contributed by atoms with Gasteiger partial charge in [0.25, 0.3) is 5.91 Å². The van der Waals surface area contributed by atoms with E-state index in [4.69, 9.17) is 9.84 Å². The van der Waals surface area contributed by atoms with E-state index in [1.54, 1.807) is 10.9 Å². The van der Waals surface area contributed by atoms with Gasteiger partial charge < -0.3 is 10.1 Å². The maximum atomic E-state index is 12.9. The average molecular weight is 553 g/mol. The van der Waals surface area contributed by atoms with Crippen molar-refractivity contribution >= 4 is 21.8 Å². The molecule has 5 rings (SSSR count). The van der Waals surface area contributed by atoms with Crippen LogP contribution >= 0.6 is 0 Å². The van der Waals surface area contributed by atoms with E-state index in [9.17, 15) is 18.5 Å². The number of carbonyl (C=O) groups is 1. The monoisotopic (exact) mass is 552 g/mol. The highest BCUT2D eigenvalue weighted by Crippen LogP contribution is 2.29. The summed E-state index contributed by atoms with van der Waals surface area (Å²) in [5.41, 5.74) is 4.78. The molecule has 1 aliphatic heterocycles. The van der Waals surface area contributed by atoms with E-state index in [0.717, 1.165) is 16.8 Å². The Morgan fingerprint density at radius 2 is 1.90 bits per heavy atom. The molecule has 9 heteroatoms. The summed E-state index contributed by atoms with van der Waals surface area (Å²) in [5, 5.41) is 17.3. The molecule has 202 valence electrons. The Bertz CT molecular complexity index is 1700. The van der Waals surface area contributed by atoms with Crippen LogP contribution < -0.4 is 10.1 Å². The minimum Gasteiger partial charge on any atom is -0.489 e. The van der Waals surface area contributed by atoms with Crippen molar-refractivity contribution in [3.8, 4) is 28.8 Å². The number of nitrogens with one attached hydrogen (secondary N) is 1. The normalized spacial score (nSPS) is 16.3. The third kappa shape index (κ3) is 6.47. The van der Waals surface area contributed by atoms with E-state index in [-0.39, 0.29) is 17.1 Å². The fraction of sp³-hybridized carbons (Fsp3) is 0.194. The Labute approximate surface area is 233 Å². The van der Waals surface area contributed by atoms with Crippen molar-refractivity contribution in [2.24, 2.45) is 0 Å². The molecule has 1 fully saturated rings. The number of sulfone groups is 1. The third-order valence-corrected chi connectivity index (χ3v) is 8.40. The second-order valence-corrected chi connectivity index (χ2v) is 12.0. The molecule has 0 bridgehead atoms. The highest BCUT2D eigenvalue weighted by Gasteiger charge is 2.29. The summed E-state index contributed by atoms with van der Waals surface area (Å²) >= 11 is 0. The van der Waals surface area contributed by atoms with Crippen LogP contribution in [0.2, 0.25) is 0 Å². The fourth-order valence-corrected chi connectivity index (χ4v) is 6.16. The predicted molar refractivity (Wildman–Crippen MR) is 153 cm³/mol. The van der Waals surface area contributed by atoms with Crippen molar-refractivity contribution < 1.29 is 17.9 Å².